The number of alkyl halides is 1. The molecule has 1 saturated carbocycles. The van der Waals surface area contributed by atoms with Gasteiger partial charge in [-0.2, -0.15) is 13.1 Å². The lowest BCUT2D eigenvalue weighted by Crippen LogP contribution is -2.46. The number of rotatable bonds is 4. The first-order valence-corrected chi connectivity index (χ1v) is 8.33. The summed E-state index contributed by atoms with van der Waals surface area (Å²) in [4.78, 5) is 11.7. The van der Waals surface area contributed by atoms with Gasteiger partial charge in [0.15, 0.2) is 0 Å². The minimum atomic E-state index is -3.83. The van der Waals surface area contributed by atoms with Gasteiger partial charge >= 0.3 is 16.3 Å². The number of nitrogens with one attached hydrogen (secondary N) is 2. The molecule has 1 aliphatic rings. The van der Waals surface area contributed by atoms with Gasteiger partial charge in [-0.15, -0.1) is 0 Å². The molecule has 8 heteroatoms. The van der Waals surface area contributed by atoms with Crippen molar-refractivity contribution >= 4 is 32.2 Å². The zero-order valence-electron chi connectivity index (χ0n) is 10.5. The number of hydrogen-bond donors (Lipinski definition) is 2. The van der Waals surface area contributed by atoms with Crippen LogP contribution < -0.4 is 9.44 Å². The Morgan fingerprint density at radius 3 is 2.33 bits per heavy atom. The molecule has 1 aliphatic carbocycles. The Bertz CT molecular complexity index is 377. The fourth-order valence-electron chi connectivity index (χ4n) is 1.77. The maximum atomic E-state index is 11.6. The number of amides is 1. The fourth-order valence-corrected chi connectivity index (χ4v) is 3.30. The standard InChI is InChI=1S/C10H19BrN2O4S/c1-7(2)17-10(14)13-18(15,16)12-9-5-3-8(11)4-6-9/h7-9,12H,3-6H2,1-2H3,(H,13,14). The molecule has 0 unspecified atom stereocenters. The molecule has 106 valence electrons. The average Bonchev–Trinajstić information content (AvgIpc) is 2.18. The lowest BCUT2D eigenvalue weighted by molar-refractivity contribution is 0.121. The Labute approximate surface area is 116 Å². The van der Waals surface area contributed by atoms with E-state index in [4.69, 9.17) is 4.74 Å². The molecule has 1 rings (SSSR count). The van der Waals surface area contributed by atoms with Crippen molar-refractivity contribution in [2.45, 2.75) is 56.5 Å². The van der Waals surface area contributed by atoms with Gasteiger partial charge in [0.1, 0.15) is 0 Å². The summed E-state index contributed by atoms with van der Waals surface area (Å²) < 4.78 is 32.3. The number of carbonyl (C=O) groups is 1. The van der Waals surface area contributed by atoms with Crippen LogP contribution in [-0.2, 0) is 14.9 Å². The van der Waals surface area contributed by atoms with Crippen molar-refractivity contribution in [2.24, 2.45) is 0 Å². The molecule has 0 aromatic heterocycles. The molecule has 0 heterocycles. The Kier molecular flexibility index (Phi) is 5.87. The highest BCUT2D eigenvalue weighted by Gasteiger charge is 2.25. The number of halogens is 1. The molecule has 0 radical (unpaired) electrons. The van der Waals surface area contributed by atoms with Gasteiger partial charge in [-0.3, -0.25) is 0 Å². The van der Waals surface area contributed by atoms with E-state index in [1.807, 2.05) is 4.72 Å². The highest BCUT2D eigenvalue weighted by molar-refractivity contribution is 9.09. The molecule has 2 N–H and O–H groups in total. The van der Waals surface area contributed by atoms with E-state index in [0.29, 0.717) is 4.83 Å². The molecular weight excluding hydrogens is 324 g/mol. The van der Waals surface area contributed by atoms with Crippen LogP contribution in [-0.4, -0.2) is 31.5 Å². The third kappa shape index (κ3) is 6.01. The third-order valence-corrected chi connectivity index (χ3v) is 4.53. The zero-order valence-corrected chi connectivity index (χ0v) is 12.9. The molecule has 1 fully saturated rings. The van der Waals surface area contributed by atoms with Crippen LogP contribution >= 0.6 is 15.9 Å². The highest BCUT2D eigenvalue weighted by Crippen LogP contribution is 2.24. The van der Waals surface area contributed by atoms with E-state index in [9.17, 15) is 13.2 Å². The van der Waals surface area contributed by atoms with Gasteiger partial charge in [0.25, 0.3) is 0 Å². The summed E-state index contributed by atoms with van der Waals surface area (Å²) in [7, 11) is -3.83. The third-order valence-electron chi connectivity index (χ3n) is 2.54. The van der Waals surface area contributed by atoms with E-state index >= 15 is 0 Å². The number of carbonyl (C=O) groups excluding carboxylic acids is 1. The molecule has 1 amide bonds. The molecule has 0 saturated heterocycles. The Hall–Kier alpha value is -0.340. The van der Waals surface area contributed by atoms with Crippen LogP contribution in [0.4, 0.5) is 4.79 Å². The largest absolute Gasteiger partial charge is 0.446 e. The van der Waals surface area contributed by atoms with Crippen LogP contribution in [0.5, 0.6) is 0 Å². The maximum Gasteiger partial charge on any atom is 0.422 e. The van der Waals surface area contributed by atoms with E-state index < -0.39 is 16.3 Å². The van der Waals surface area contributed by atoms with Crippen molar-refractivity contribution in [3.63, 3.8) is 0 Å². The smallest absolute Gasteiger partial charge is 0.422 e. The van der Waals surface area contributed by atoms with Crippen molar-refractivity contribution in [1.29, 1.82) is 0 Å². The van der Waals surface area contributed by atoms with Gasteiger partial charge in [0.05, 0.1) is 6.10 Å². The summed E-state index contributed by atoms with van der Waals surface area (Å²) in [6.07, 6.45) is 2.05. The molecular formula is C10H19BrN2O4S. The fraction of sp³-hybridized carbons (Fsp3) is 0.900. The van der Waals surface area contributed by atoms with Gasteiger partial charge in [-0.05, 0) is 39.5 Å². The molecule has 0 spiro atoms. The Morgan fingerprint density at radius 1 is 1.28 bits per heavy atom. The predicted octanol–water partition coefficient (Wildman–Crippen LogP) is 1.66. The predicted molar refractivity (Wildman–Crippen MR) is 71.8 cm³/mol. The molecule has 6 nitrogen and oxygen atoms in total. The first-order chi connectivity index (χ1) is 8.28. The summed E-state index contributed by atoms with van der Waals surface area (Å²) >= 11 is 3.50. The molecule has 0 bridgehead atoms. The lowest BCUT2D eigenvalue weighted by Gasteiger charge is -2.25. The highest BCUT2D eigenvalue weighted by atomic mass is 79.9. The van der Waals surface area contributed by atoms with Crippen molar-refractivity contribution < 1.29 is 17.9 Å². The first-order valence-electron chi connectivity index (χ1n) is 5.93. The van der Waals surface area contributed by atoms with E-state index in [1.165, 1.54) is 0 Å². The average molecular weight is 343 g/mol. The second kappa shape index (κ2) is 6.72. The normalized spacial score (nSPS) is 24.9. The Morgan fingerprint density at radius 2 is 1.83 bits per heavy atom. The van der Waals surface area contributed by atoms with Crippen LogP contribution in [0.25, 0.3) is 0 Å². The number of hydrogen-bond acceptors (Lipinski definition) is 4. The van der Waals surface area contributed by atoms with E-state index in [2.05, 4.69) is 20.7 Å². The van der Waals surface area contributed by atoms with Crippen LogP contribution in [0.2, 0.25) is 0 Å². The molecule has 0 aromatic rings. The second-order valence-electron chi connectivity index (χ2n) is 4.63. The maximum absolute atomic E-state index is 11.6. The van der Waals surface area contributed by atoms with Crippen LogP contribution in [0.1, 0.15) is 39.5 Å². The van der Waals surface area contributed by atoms with Gasteiger partial charge in [0, 0.05) is 10.9 Å². The SMILES string of the molecule is CC(C)OC(=O)NS(=O)(=O)NC1CCC(Br)CC1. The van der Waals surface area contributed by atoms with Crippen LogP contribution in [0, 0.1) is 0 Å². The quantitative estimate of drug-likeness (QED) is 0.761. The molecule has 0 aliphatic heterocycles. The minimum Gasteiger partial charge on any atom is -0.446 e. The van der Waals surface area contributed by atoms with Crippen molar-refractivity contribution in [2.75, 3.05) is 0 Å². The van der Waals surface area contributed by atoms with Crippen LogP contribution in [0.3, 0.4) is 0 Å². The molecule has 18 heavy (non-hydrogen) atoms. The summed E-state index contributed by atoms with van der Waals surface area (Å²) in [5.41, 5.74) is 0. The summed E-state index contributed by atoms with van der Waals surface area (Å²) in [6.45, 7) is 3.30. The number of ether oxygens (including phenoxy) is 1. The zero-order chi connectivity index (χ0) is 13.8. The summed E-state index contributed by atoms with van der Waals surface area (Å²) in [5.74, 6) is 0. The van der Waals surface area contributed by atoms with Gasteiger partial charge < -0.3 is 4.74 Å². The minimum absolute atomic E-state index is 0.122. The van der Waals surface area contributed by atoms with E-state index in [-0.39, 0.29) is 12.1 Å². The van der Waals surface area contributed by atoms with Crippen molar-refractivity contribution in [3.05, 3.63) is 0 Å². The summed E-state index contributed by atoms with van der Waals surface area (Å²) in [6, 6.07) is -0.122. The lowest BCUT2D eigenvalue weighted by atomic mass is 9.96. The van der Waals surface area contributed by atoms with E-state index in [1.54, 1.807) is 13.8 Å². The summed E-state index contributed by atoms with van der Waals surface area (Å²) in [5, 5.41) is 0. The monoisotopic (exact) mass is 342 g/mol. The van der Waals surface area contributed by atoms with Gasteiger partial charge in [0.2, 0.25) is 0 Å². The van der Waals surface area contributed by atoms with Crippen molar-refractivity contribution in [1.82, 2.24) is 9.44 Å². The topological polar surface area (TPSA) is 84.5 Å². The van der Waals surface area contributed by atoms with Gasteiger partial charge in [-0.25, -0.2) is 9.52 Å². The van der Waals surface area contributed by atoms with Crippen LogP contribution in [0.15, 0.2) is 0 Å². The second-order valence-corrected chi connectivity index (χ2v) is 7.37. The van der Waals surface area contributed by atoms with E-state index in [0.717, 1.165) is 25.7 Å². The van der Waals surface area contributed by atoms with Gasteiger partial charge in [-0.1, -0.05) is 15.9 Å². The Balaban J connectivity index is 2.42. The molecule has 0 atom stereocenters. The molecule has 0 aromatic carbocycles. The van der Waals surface area contributed by atoms with Crippen molar-refractivity contribution in [3.8, 4) is 0 Å². The first kappa shape index (κ1) is 15.7.